The third-order valence-corrected chi connectivity index (χ3v) is 5.00. The van der Waals surface area contributed by atoms with Gasteiger partial charge in [-0.05, 0) is 42.5 Å². The lowest BCUT2D eigenvalue weighted by Crippen LogP contribution is -2.36. The van der Waals surface area contributed by atoms with E-state index in [0.717, 1.165) is 53.5 Å². The number of carbonyl (C=O) groups excluding carboxylic acids is 1. The zero-order chi connectivity index (χ0) is 19.3. The minimum atomic E-state index is -0.149. The normalized spacial score (nSPS) is 14.0. The van der Waals surface area contributed by atoms with Crippen LogP contribution in [0, 0.1) is 0 Å². The van der Waals surface area contributed by atoms with Gasteiger partial charge in [-0.1, -0.05) is 34.1 Å². The first-order valence-electron chi connectivity index (χ1n) is 9.03. The van der Waals surface area contributed by atoms with Crippen molar-refractivity contribution in [3.05, 3.63) is 70.7 Å². The van der Waals surface area contributed by atoms with Crippen molar-refractivity contribution >= 4 is 33.3 Å². The van der Waals surface area contributed by atoms with Crippen molar-refractivity contribution in [1.29, 1.82) is 0 Å². The summed E-state index contributed by atoms with van der Waals surface area (Å²) < 4.78 is 6.23. The summed E-state index contributed by atoms with van der Waals surface area (Å²) >= 11 is 3.38. The van der Waals surface area contributed by atoms with E-state index in [1.807, 2.05) is 48.5 Å². The highest BCUT2D eigenvalue weighted by molar-refractivity contribution is 9.10. The van der Waals surface area contributed by atoms with Gasteiger partial charge in [-0.15, -0.1) is 10.2 Å². The van der Waals surface area contributed by atoms with Gasteiger partial charge in [0, 0.05) is 34.4 Å². The summed E-state index contributed by atoms with van der Waals surface area (Å²) in [5.41, 5.74) is 3.07. The minimum absolute atomic E-state index is 0.149. The van der Waals surface area contributed by atoms with E-state index in [-0.39, 0.29) is 5.91 Å². The predicted molar refractivity (Wildman–Crippen MR) is 113 cm³/mol. The molecule has 28 heavy (non-hydrogen) atoms. The molecule has 0 spiro atoms. The second-order valence-electron chi connectivity index (χ2n) is 6.42. The topological polar surface area (TPSA) is 67.4 Å². The maximum absolute atomic E-state index is 12.3. The van der Waals surface area contributed by atoms with E-state index in [1.165, 1.54) is 0 Å². The van der Waals surface area contributed by atoms with Gasteiger partial charge in [0.25, 0.3) is 5.91 Å². The van der Waals surface area contributed by atoms with Gasteiger partial charge < -0.3 is 15.0 Å². The fourth-order valence-corrected chi connectivity index (χ4v) is 3.40. The van der Waals surface area contributed by atoms with Crippen LogP contribution in [0.3, 0.4) is 0 Å². The average molecular weight is 439 g/mol. The maximum Gasteiger partial charge on any atom is 0.255 e. The van der Waals surface area contributed by atoms with E-state index in [9.17, 15) is 4.79 Å². The van der Waals surface area contributed by atoms with Crippen LogP contribution < -0.4 is 10.2 Å². The molecule has 142 valence electrons. The molecule has 0 aliphatic carbocycles. The number of rotatable bonds is 4. The molecule has 1 amide bonds. The van der Waals surface area contributed by atoms with Crippen LogP contribution >= 0.6 is 15.9 Å². The second kappa shape index (κ2) is 8.50. The van der Waals surface area contributed by atoms with Gasteiger partial charge in [0.05, 0.1) is 18.9 Å². The molecule has 1 aromatic heterocycles. The fraction of sp³-hybridized carbons (Fsp3) is 0.190. The van der Waals surface area contributed by atoms with Crippen LogP contribution in [0.15, 0.2) is 65.1 Å². The van der Waals surface area contributed by atoms with E-state index in [4.69, 9.17) is 4.74 Å². The monoisotopic (exact) mass is 438 g/mol. The van der Waals surface area contributed by atoms with Gasteiger partial charge in [0.1, 0.15) is 0 Å². The Labute approximate surface area is 171 Å². The molecule has 1 saturated heterocycles. The third kappa shape index (κ3) is 4.37. The maximum atomic E-state index is 12.3. The Morgan fingerprint density at radius 1 is 1.00 bits per heavy atom. The van der Waals surface area contributed by atoms with E-state index < -0.39 is 0 Å². The molecule has 2 aromatic carbocycles. The smallest absolute Gasteiger partial charge is 0.255 e. The number of benzene rings is 2. The van der Waals surface area contributed by atoms with Crippen LogP contribution in [0.2, 0.25) is 0 Å². The predicted octanol–water partition coefficient (Wildman–Crippen LogP) is 4.00. The number of aromatic nitrogens is 2. The molecule has 0 bridgehead atoms. The van der Waals surface area contributed by atoms with Crippen LogP contribution in [0.4, 0.5) is 11.5 Å². The molecule has 1 aliphatic rings. The van der Waals surface area contributed by atoms with Crippen LogP contribution in [-0.4, -0.2) is 42.4 Å². The SMILES string of the molecule is O=C(Nc1ccc(-c2ccc(N3CCOCC3)nn2)cc1)c1cccc(Br)c1. The lowest BCUT2D eigenvalue weighted by molar-refractivity contribution is 0.102. The Balaban J connectivity index is 1.43. The fourth-order valence-electron chi connectivity index (χ4n) is 3.00. The molecule has 0 saturated carbocycles. The van der Waals surface area contributed by atoms with Gasteiger partial charge >= 0.3 is 0 Å². The standard InChI is InChI=1S/C21H19BrN4O2/c22-17-3-1-2-16(14-17)21(27)23-18-6-4-15(5-7-18)19-8-9-20(25-24-19)26-10-12-28-13-11-26/h1-9,14H,10-13H2,(H,23,27). The van der Waals surface area contributed by atoms with Crippen LogP contribution in [0.1, 0.15) is 10.4 Å². The molecule has 1 aliphatic heterocycles. The molecule has 2 heterocycles. The van der Waals surface area contributed by atoms with Crippen molar-refractivity contribution < 1.29 is 9.53 Å². The number of amides is 1. The average Bonchev–Trinajstić information content (AvgIpc) is 2.75. The van der Waals surface area contributed by atoms with Gasteiger partial charge in [-0.2, -0.15) is 0 Å². The Morgan fingerprint density at radius 2 is 1.79 bits per heavy atom. The van der Waals surface area contributed by atoms with Crippen LogP contribution in [0.5, 0.6) is 0 Å². The van der Waals surface area contributed by atoms with E-state index in [1.54, 1.807) is 12.1 Å². The molecular formula is C21H19BrN4O2. The Kier molecular flexibility index (Phi) is 5.64. The molecule has 6 nitrogen and oxygen atoms in total. The molecule has 7 heteroatoms. The summed E-state index contributed by atoms with van der Waals surface area (Å²) in [5.74, 6) is 0.716. The summed E-state index contributed by atoms with van der Waals surface area (Å²) in [6, 6.07) is 18.8. The van der Waals surface area contributed by atoms with Gasteiger partial charge in [-0.25, -0.2) is 0 Å². The molecular weight excluding hydrogens is 420 g/mol. The number of hydrogen-bond donors (Lipinski definition) is 1. The quantitative estimate of drug-likeness (QED) is 0.666. The minimum Gasteiger partial charge on any atom is -0.378 e. The van der Waals surface area contributed by atoms with Crippen molar-refractivity contribution in [2.45, 2.75) is 0 Å². The molecule has 0 atom stereocenters. The zero-order valence-corrected chi connectivity index (χ0v) is 16.7. The lowest BCUT2D eigenvalue weighted by atomic mass is 10.1. The second-order valence-corrected chi connectivity index (χ2v) is 7.33. The largest absolute Gasteiger partial charge is 0.378 e. The van der Waals surface area contributed by atoms with Crippen LogP contribution in [0.25, 0.3) is 11.3 Å². The van der Waals surface area contributed by atoms with E-state index >= 15 is 0 Å². The lowest BCUT2D eigenvalue weighted by Gasteiger charge is -2.27. The summed E-state index contributed by atoms with van der Waals surface area (Å²) in [6.45, 7) is 3.11. The Morgan fingerprint density at radius 3 is 2.46 bits per heavy atom. The van der Waals surface area contributed by atoms with E-state index in [0.29, 0.717) is 5.56 Å². The number of anilines is 2. The third-order valence-electron chi connectivity index (χ3n) is 4.51. The highest BCUT2D eigenvalue weighted by Crippen LogP contribution is 2.22. The Hall–Kier alpha value is -2.77. The number of hydrogen-bond acceptors (Lipinski definition) is 5. The van der Waals surface area contributed by atoms with Crippen molar-refractivity contribution in [3.8, 4) is 11.3 Å². The number of nitrogens with one attached hydrogen (secondary N) is 1. The zero-order valence-electron chi connectivity index (χ0n) is 15.1. The van der Waals surface area contributed by atoms with Crippen molar-refractivity contribution in [2.24, 2.45) is 0 Å². The molecule has 0 unspecified atom stereocenters. The van der Waals surface area contributed by atoms with E-state index in [2.05, 4.69) is 36.3 Å². The molecule has 4 rings (SSSR count). The molecule has 0 radical (unpaired) electrons. The molecule has 1 fully saturated rings. The molecule has 1 N–H and O–H groups in total. The Bertz CT molecular complexity index is 955. The number of nitrogens with zero attached hydrogens (tertiary/aromatic N) is 3. The highest BCUT2D eigenvalue weighted by Gasteiger charge is 2.13. The van der Waals surface area contributed by atoms with Crippen LogP contribution in [-0.2, 0) is 4.74 Å². The van der Waals surface area contributed by atoms with Gasteiger partial charge in [0.15, 0.2) is 5.82 Å². The summed E-state index contributed by atoms with van der Waals surface area (Å²) in [6.07, 6.45) is 0. The highest BCUT2D eigenvalue weighted by atomic mass is 79.9. The van der Waals surface area contributed by atoms with Gasteiger partial charge in [-0.3, -0.25) is 4.79 Å². The number of halogens is 1. The number of ether oxygens (including phenoxy) is 1. The van der Waals surface area contributed by atoms with Gasteiger partial charge in [0.2, 0.25) is 0 Å². The number of carbonyl (C=O) groups is 1. The number of morpholine rings is 1. The molecule has 3 aromatic rings. The van der Waals surface area contributed by atoms with Crippen molar-refractivity contribution in [1.82, 2.24) is 10.2 Å². The van der Waals surface area contributed by atoms with Crippen molar-refractivity contribution in [2.75, 3.05) is 36.5 Å². The summed E-state index contributed by atoms with van der Waals surface area (Å²) in [7, 11) is 0. The van der Waals surface area contributed by atoms with Crippen molar-refractivity contribution in [3.63, 3.8) is 0 Å². The first-order valence-corrected chi connectivity index (χ1v) is 9.82. The summed E-state index contributed by atoms with van der Waals surface area (Å²) in [5, 5.41) is 11.6. The summed E-state index contributed by atoms with van der Waals surface area (Å²) in [4.78, 5) is 14.5. The first kappa shape index (κ1) is 18.6. The first-order chi connectivity index (χ1) is 13.7.